The maximum Gasteiger partial charge on any atom is 0.225 e. The number of nitrogens with zero attached hydrogens (tertiary/aromatic N) is 3. The van der Waals surface area contributed by atoms with Crippen LogP contribution < -0.4 is 10.2 Å². The van der Waals surface area contributed by atoms with E-state index in [2.05, 4.69) is 43.0 Å². The quantitative estimate of drug-likeness (QED) is 0.924. The topological polar surface area (TPSA) is 41.0 Å². The number of nitrogens with one attached hydrogen (secondary N) is 1. The molecule has 1 aromatic heterocycles. The Morgan fingerprint density at radius 3 is 2.82 bits per heavy atom. The van der Waals surface area contributed by atoms with Crippen molar-refractivity contribution in [2.24, 2.45) is 5.92 Å². The molecule has 1 saturated heterocycles. The Kier molecular flexibility index (Phi) is 4.74. The van der Waals surface area contributed by atoms with Crippen molar-refractivity contribution >= 4 is 21.9 Å². The van der Waals surface area contributed by atoms with Gasteiger partial charge in [0, 0.05) is 25.5 Å². The Hall–Kier alpha value is -0.680. The lowest BCUT2D eigenvalue weighted by molar-refractivity contribution is 0.376. The largest absolute Gasteiger partial charge is 0.341 e. The second kappa shape index (κ2) is 6.31. The summed E-state index contributed by atoms with van der Waals surface area (Å²) in [5.74, 6) is 1.55. The Morgan fingerprint density at radius 2 is 2.24 bits per heavy atom. The summed E-state index contributed by atoms with van der Waals surface area (Å²) in [5.41, 5.74) is 0. The second-order valence-corrected chi connectivity index (χ2v) is 5.37. The average Bonchev–Trinajstić information content (AvgIpc) is 2.38. The van der Waals surface area contributed by atoms with Gasteiger partial charge in [0.25, 0.3) is 0 Å². The second-order valence-electron chi connectivity index (χ2n) is 4.45. The standard InChI is InChI=1S/C12H19BrN4/c1-2-17(9-10-4-3-5-14-6-10)12-15-7-11(13)8-16-12/h7-8,10,14H,2-6,9H2,1H3. The van der Waals surface area contributed by atoms with Gasteiger partial charge in [0.15, 0.2) is 0 Å². The minimum atomic E-state index is 0.718. The van der Waals surface area contributed by atoms with Crippen LogP contribution in [0.3, 0.4) is 0 Å². The molecule has 17 heavy (non-hydrogen) atoms. The third kappa shape index (κ3) is 3.64. The number of hydrogen-bond donors (Lipinski definition) is 1. The summed E-state index contributed by atoms with van der Waals surface area (Å²) in [6, 6.07) is 0. The molecule has 2 rings (SSSR count). The van der Waals surface area contributed by atoms with Gasteiger partial charge in [-0.2, -0.15) is 0 Å². The molecule has 0 radical (unpaired) electrons. The smallest absolute Gasteiger partial charge is 0.225 e. The zero-order chi connectivity index (χ0) is 12.1. The summed E-state index contributed by atoms with van der Waals surface area (Å²) in [7, 11) is 0. The maximum absolute atomic E-state index is 4.36. The summed E-state index contributed by atoms with van der Waals surface area (Å²) in [6.45, 7) is 6.44. The zero-order valence-electron chi connectivity index (χ0n) is 10.2. The van der Waals surface area contributed by atoms with Crippen molar-refractivity contribution in [1.29, 1.82) is 0 Å². The molecule has 1 unspecified atom stereocenters. The Bertz CT molecular complexity index is 335. The van der Waals surface area contributed by atoms with Gasteiger partial charge in [-0.15, -0.1) is 0 Å². The maximum atomic E-state index is 4.36. The van der Waals surface area contributed by atoms with E-state index in [1.165, 1.54) is 12.8 Å². The zero-order valence-corrected chi connectivity index (χ0v) is 11.8. The van der Waals surface area contributed by atoms with E-state index in [9.17, 15) is 0 Å². The van der Waals surface area contributed by atoms with Crippen LogP contribution in [0.15, 0.2) is 16.9 Å². The molecule has 1 aromatic rings. The third-order valence-electron chi connectivity index (χ3n) is 3.15. The van der Waals surface area contributed by atoms with Crippen LogP contribution in [0.4, 0.5) is 5.95 Å². The van der Waals surface area contributed by atoms with E-state index < -0.39 is 0 Å². The fourth-order valence-electron chi connectivity index (χ4n) is 2.21. The minimum absolute atomic E-state index is 0.718. The molecule has 1 atom stereocenters. The fourth-order valence-corrected chi connectivity index (χ4v) is 2.42. The van der Waals surface area contributed by atoms with E-state index in [0.29, 0.717) is 0 Å². The van der Waals surface area contributed by atoms with Crippen LogP contribution in [0.1, 0.15) is 19.8 Å². The number of piperidine rings is 1. The first-order valence-electron chi connectivity index (χ1n) is 6.22. The molecule has 0 bridgehead atoms. The highest BCUT2D eigenvalue weighted by atomic mass is 79.9. The van der Waals surface area contributed by atoms with E-state index in [4.69, 9.17) is 0 Å². The summed E-state index contributed by atoms with van der Waals surface area (Å²) in [6.07, 6.45) is 6.21. The van der Waals surface area contributed by atoms with Crippen LogP contribution in [0.2, 0.25) is 0 Å². The van der Waals surface area contributed by atoms with E-state index in [1.807, 2.05) is 12.4 Å². The predicted octanol–water partition coefficient (Wildman–Crippen LogP) is 2.06. The fraction of sp³-hybridized carbons (Fsp3) is 0.667. The van der Waals surface area contributed by atoms with Crippen LogP contribution >= 0.6 is 15.9 Å². The monoisotopic (exact) mass is 298 g/mol. The van der Waals surface area contributed by atoms with Gasteiger partial charge in [-0.3, -0.25) is 0 Å². The van der Waals surface area contributed by atoms with Gasteiger partial charge >= 0.3 is 0 Å². The molecule has 1 N–H and O–H groups in total. The molecule has 1 aliphatic rings. The van der Waals surface area contributed by atoms with Crippen LogP contribution in [0, 0.1) is 5.92 Å². The lowest BCUT2D eigenvalue weighted by Gasteiger charge is -2.29. The Morgan fingerprint density at radius 1 is 1.47 bits per heavy atom. The summed E-state index contributed by atoms with van der Waals surface area (Å²) in [4.78, 5) is 11.0. The number of anilines is 1. The number of hydrogen-bond acceptors (Lipinski definition) is 4. The highest BCUT2D eigenvalue weighted by Crippen LogP contribution is 2.16. The first-order chi connectivity index (χ1) is 8.29. The summed E-state index contributed by atoms with van der Waals surface area (Å²) in [5, 5.41) is 3.45. The van der Waals surface area contributed by atoms with Gasteiger partial charge < -0.3 is 10.2 Å². The molecular weight excluding hydrogens is 280 g/mol. The van der Waals surface area contributed by atoms with Crippen molar-refractivity contribution < 1.29 is 0 Å². The number of aromatic nitrogens is 2. The van der Waals surface area contributed by atoms with Gasteiger partial charge in [0.1, 0.15) is 0 Å². The molecule has 0 saturated carbocycles. The molecule has 2 heterocycles. The lowest BCUT2D eigenvalue weighted by Crippen LogP contribution is -2.38. The molecule has 0 aliphatic carbocycles. The predicted molar refractivity (Wildman–Crippen MR) is 73.2 cm³/mol. The first kappa shape index (κ1) is 12.8. The first-order valence-corrected chi connectivity index (χ1v) is 7.02. The van der Waals surface area contributed by atoms with Crippen LogP contribution in [0.5, 0.6) is 0 Å². The molecular formula is C12H19BrN4. The van der Waals surface area contributed by atoms with Crippen LogP contribution in [-0.2, 0) is 0 Å². The highest BCUT2D eigenvalue weighted by molar-refractivity contribution is 9.10. The molecule has 94 valence electrons. The number of rotatable bonds is 4. The van der Waals surface area contributed by atoms with Gasteiger partial charge in [0.05, 0.1) is 4.47 Å². The molecule has 1 fully saturated rings. The van der Waals surface area contributed by atoms with Gasteiger partial charge in [0.2, 0.25) is 5.95 Å². The lowest BCUT2D eigenvalue weighted by atomic mass is 9.99. The molecule has 0 amide bonds. The third-order valence-corrected chi connectivity index (χ3v) is 3.56. The Balaban J connectivity index is 1.97. The van der Waals surface area contributed by atoms with E-state index in [1.54, 1.807) is 0 Å². The van der Waals surface area contributed by atoms with Crippen molar-refractivity contribution in [3.05, 3.63) is 16.9 Å². The minimum Gasteiger partial charge on any atom is -0.341 e. The average molecular weight is 299 g/mol. The van der Waals surface area contributed by atoms with E-state index >= 15 is 0 Å². The van der Waals surface area contributed by atoms with Crippen LogP contribution in [-0.4, -0.2) is 36.1 Å². The molecule has 4 nitrogen and oxygen atoms in total. The van der Waals surface area contributed by atoms with E-state index in [-0.39, 0.29) is 0 Å². The van der Waals surface area contributed by atoms with Gasteiger partial charge in [-0.05, 0) is 54.7 Å². The molecule has 0 aromatic carbocycles. The highest BCUT2D eigenvalue weighted by Gasteiger charge is 2.17. The molecule has 1 aliphatic heterocycles. The van der Waals surface area contributed by atoms with Crippen molar-refractivity contribution in [3.63, 3.8) is 0 Å². The van der Waals surface area contributed by atoms with Gasteiger partial charge in [-0.1, -0.05) is 0 Å². The van der Waals surface area contributed by atoms with Crippen molar-refractivity contribution in [2.45, 2.75) is 19.8 Å². The SMILES string of the molecule is CCN(CC1CCCNC1)c1ncc(Br)cn1. The van der Waals surface area contributed by atoms with Crippen molar-refractivity contribution in [1.82, 2.24) is 15.3 Å². The number of halogens is 1. The van der Waals surface area contributed by atoms with Crippen molar-refractivity contribution in [3.8, 4) is 0 Å². The summed E-state index contributed by atoms with van der Waals surface area (Å²) >= 11 is 3.36. The van der Waals surface area contributed by atoms with Crippen molar-refractivity contribution in [2.75, 3.05) is 31.1 Å². The summed E-state index contributed by atoms with van der Waals surface area (Å²) < 4.78 is 0.927. The Labute approximate surface area is 111 Å². The van der Waals surface area contributed by atoms with E-state index in [0.717, 1.165) is 42.5 Å². The molecule has 5 heteroatoms. The molecule has 0 spiro atoms. The van der Waals surface area contributed by atoms with Gasteiger partial charge in [-0.25, -0.2) is 9.97 Å². The normalized spacial score (nSPS) is 20.2. The van der Waals surface area contributed by atoms with Crippen LogP contribution in [0.25, 0.3) is 0 Å².